The van der Waals surface area contributed by atoms with E-state index in [1.807, 2.05) is 13.8 Å². The molecule has 9 heteroatoms. The van der Waals surface area contributed by atoms with Crippen LogP contribution in [0.1, 0.15) is 41.0 Å². The van der Waals surface area contributed by atoms with Crippen molar-refractivity contribution in [1.29, 1.82) is 0 Å². The van der Waals surface area contributed by atoms with Crippen molar-refractivity contribution < 1.29 is 27.5 Å². The van der Waals surface area contributed by atoms with Gasteiger partial charge in [-0.05, 0) is 32.0 Å². The molecule has 0 atom stereocenters. The summed E-state index contributed by atoms with van der Waals surface area (Å²) in [7, 11) is -3.69. The zero-order valence-electron chi connectivity index (χ0n) is 16.4. The van der Waals surface area contributed by atoms with Crippen molar-refractivity contribution in [3.05, 3.63) is 18.2 Å². The Hall–Kier alpha value is -2.13. The van der Waals surface area contributed by atoms with E-state index in [1.54, 1.807) is 20.8 Å². The Morgan fingerprint density at radius 1 is 1.15 bits per heavy atom. The Morgan fingerprint density at radius 2 is 1.78 bits per heavy atom. The zero-order valence-corrected chi connectivity index (χ0v) is 17.3. The lowest BCUT2D eigenvalue weighted by atomic mass is 10.3. The SMILES string of the molecule is CCC(=O)OCC(=O)Nc1cc(S(=O)(=O)N(CC)CC)ccc1OC(C)C. The summed E-state index contributed by atoms with van der Waals surface area (Å²) in [6.07, 6.45) is -0.0177. The van der Waals surface area contributed by atoms with E-state index in [0.29, 0.717) is 18.8 Å². The summed E-state index contributed by atoms with van der Waals surface area (Å²) in [6, 6.07) is 4.30. The number of hydrogen-bond donors (Lipinski definition) is 1. The van der Waals surface area contributed by atoms with E-state index in [-0.39, 0.29) is 23.1 Å². The molecule has 1 amide bonds. The van der Waals surface area contributed by atoms with Gasteiger partial charge in [-0.25, -0.2) is 8.42 Å². The molecule has 0 bridgehead atoms. The standard InChI is InChI=1S/C18H28N2O6S/c1-6-18(22)25-12-17(21)19-15-11-14(9-10-16(15)26-13(4)5)27(23,24)20(7-2)8-3/h9-11,13H,6-8,12H2,1-5H3,(H,19,21). The highest BCUT2D eigenvalue weighted by Gasteiger charge is 2.23. The second-order valence-electron chi connectivity index (χ2n) is 5.98. The van der Waals surface area contributed by atoms with E-state index in [0.717, 1.165) is 0 Å². The van der Waals surface area contributed by atoms with Crippen LogP contribution in [0.25, 0.3) is 0 Å². The number of sulfonamides is 1. The average molecular weight is 400 g/mol. The first-order valence-corrected chi connectivity index (χ1v) is 10.4. The van der Waals surface area contributed by atoms with E-state index in [2.05, 4.69) is 5.32 Å². The molecular formula is C18H28N2O6S. The quantitative estimate of drug-likeness (QED) is 0.605. The van der Waals surface area contributed by atoms with Crippen LogP contribution >= 0.6 is 0 Å². The Bertz CT molecular complexity index is 757. The lowest BCUT2D eigenvalue weighted by Gasteiger charge is -2.20. The number of anilines is 1. The van der Waals surface area contributed by atoms with Crippen LogP contribution in [0, 0.1) is 0 Å². The molecule has 0 aliphatic heterocycles. The van der Waals surface area contributed by atoms with Crippen LogP contribution in [-0.4, -0.2) is 50.4 Å². The summed E-state index contributed by atoms with van der Waals surface area (Å²) < 4.78 is 37.2. The number of benzene rings is 1. The maximum atomic E-state index is 12.7. The number of amides is 1. The van der Waals surface area contributed by atoms with Crippen LogP contribution < -0.4 is 10.1 Å². The summed E-state index contributed by atoms with van der Waals surface area (Å²) in [5.74, 6) is -0.747. The Kier molecular flexibility index (Phi) is 8.71. The molecule has 0 saturated heterocycles. The molecule has 0 heterocycles. The third-order valence-corrected chi connectivity index (χ3v) is 5.63. The number of carbonyl (C=O) groups excluding carboxylic acids is 2. The first kappa shape index (κ1) is 22.9. The molecule has 27 heavy (non-hydrogen) atoms. The van der Waals surface area contributed by atoms with Gasteiger partial charge in [0.2, 0.25) is 10.0 Å². The van der Waals surface area contributed by atoms with Crippen molar-refractivity contribution in [2.45, 2.75) is 52.0 Å². The van der Waals surface area contributed by atoms with Gasteiger partial charge in [0.05, 0.1) is 16.7 Å². The van der Waals surface area contributed by atoms with Gasteiger partial charge in [-0.2, -0.15) is 4.31 Å². The van der Waals surface area contributed by atoms with Crippen molar-refractivity contribution in [2.75, 3.05) is 25.0 Å². The van der Waals surface area contributed by atoms with Crippen LogP contribution in [0.4, 0.5) is 5.69 Å². The Balaban J connectivity index is 3.17. The first-order valence-electron chi connectivity index (χ1n) is 8.91. The lowest BCUT2D eigenvalue weighted by Crippen LogP contribution is -2.30. The van der Waals surface area contributed by atoms with Crippen LogP contribution in [-0.2, 0) is 24.3 Å². The van der Waals surface area contributed by atoms with Crippen LogP contribution in [0.5, 0.6) is 5.75 Å². The fraction of sp³-hybridized carbons (Fsp3) is 0.556. The van der Waals surface area contributed by atoms with Crippen molar-refractivity contribution in [3.8, 4) is 5.75 Å². The zero-order chi connectivity index (χ0) is 20.6. The average Bonchev–Trinajstić information content (AvgIpc) is 2.61. The number of ether oxygens (including phenoxy) is 2. The summed E-state index contributed by atoms with van der Waals surface area (Å²) in [5, 5.41) is 2.56. The summed E-state index contributed by atoms with van der Waals surface area (Å²) >= 11 is 0. The molecule has 0 spiro atoms. The summed E-state index contributed by atoms with van der Waals surface area (Å²) in [5.41, 5.74) is 0.203. The van der Waals surface area contributed by atoms with Crippen LogP contribution in [0.15, 0.2) is 23.1 Å². The molecule has 1 N–H and O–H groups in total. The molecule has 1 aromatic carbocycles. The first-order chi connectivity index (χ1) is 12.6. The van der Waals surface area contributed by atoms with E-state index in [9.17, 15) is 18.0 Å². The van der Waals surface area contributed by atoms with Gasteiger partial charge in [-0.15, -0.1) is 0 Å². The molecule has 0 aliphatic rings. The van der Waals surface area contributed by atoms with Gasteiger partial charge in [-0.3, -0.25) is 9.59 Å². The smallest absolute Gasteiger partial charge is 0.306 e. The van der Waals surface area contributed by atoms with Crippen LogP contribution in [0.3, 0.4) is 0 Å². The molecule has 0 aliphatic carbocycles. The maximum Gasteiger partial charge on any atom is 0.306 e. The molecule has 0 radical (unpaired) electrons. The second-order valence-corrected chi connectivity index (χ2v) is 7.91. The molecule has 0 fully saturated rings. The highest BCUT2D eigenvalue weighted by molar-refractivity contribution is 7.89. The van der Waals surface area contributed by atoms with Crippen molar-refractivity contribution in [2.24, 2.45) is 0 Å². The minimum absolute atomic E-state index is 0.0446. The number of nitrogens with zero attached hydrogens (tertiary/aromatic N) is 1. The molecular weight excluding hydrogens is 372 g/mol. The third kappa shape index (κ3) is 6.51. The lowest BCUT2D eigenvalue weighted by molar-refractivity contribution is -0.146. The topological polar surface area (TPSA) is 102 Å². The number of carbonyl (C=O) groups is 2. The third-order valence-electron chi connectivity index (χ3n) is 3.58. The van der Waals surface area contributed by atoms with E-state index < -0.39 is 28.5 Å². The molecule has 0 aromatic heterocycles. The van der Waals surface area contributed by atoms with Gasteiger partial charge >= 0.3 is 5.97 Å². The van der Waals surface area contributed by atoms with Gasteiger partial charge in [0.25, 0.3) is 5.91 Å². The van der Waals surface area contributed by atoms with Gasteiger partial charge in [0.15, 0.2) is 6.61 Å². The molecule has 8 nitrogen and oxygen atoms in total. The van der Waals surface area contributed by atoms with Gasteiger partial charge in [-0.1, -0.05) is 20.8 Å². The monoisotopic (exact) mass is 400 g/mol. The Morgan fingerprint density at radius 3 is 2.30 bits per heavy atom. The molecule has 1 rings (SSSR count). The molecule has 1 aromatic rings. The summed E-state index contributed by atoms with van der Waals surface area (Å²) in [6.45, 7) is 8.96. The molecule has 152 valence electrons. The highest BCUT2D eigenvalue weighted by Crippen LogP contribution is 2.30. The number of esters is 1. The number of hydrogen-bond acceptors (Lipinski definition) is 6. The predicted octanol–water partition coefficient (Wildman–Crippen LogP) is 2.40. The van der Waals surface area contributed by atoms with Crippen molar-refractivity contribution >= 4 is 27.6 Å². The largest absolute Gasteiger partial charge is 0.489 e. The molecule has 0 saturated carbocycles. The normalized spacial score (nSPS) is 11.5. The van der Waals surface area contributed by atoms with Gasteiger partial charge in [0.1, 0.15) is 5.75 Å². The van der Waals surface area contributed by atoms with E-state index >= 15 is 0 Å². The van der Waals surface area contributed by atoms with E-state index in [4.69, 9.17) is 9.47 Å². The van der Waals surface area contributed by atoms with E-state index in [1.165, 1.54) is 22.5 Å². The number of rotatable bonds is 10. The second kappa shape index (κ2) is 10.3. The van der Waals surface area contributed by atoms with Gasteiger partial charge in [0, 0.05) is 19.5 Å². The Labute approximate surface area is 160 Å². The minimum Gasteiger partial charge on any atom is -0.489 e. The molecule has 0 unspecified atom stereocenters. The van der Waals surface area contributed by atoms with Gasteiger partial charge < -0.3 is 14.8 Å². The number of nitrogens with one attached hydrogen (secondary N) is 1. The minimum atomic E-state index is -3.69. The van der Waals surface area contributed by atoms with Crippen LogP contribution in [0.2, 0.25) is 0 Å². The highest BCUT2D eigenvalue weighted by atomic mass is 32.2. The fourth-order valence-electron chi connectivity index (χ4n) is 2.27. The van der Waals surface area contributed by atoms with Crippen molar-refractivity contribution in [1.82, 2.24) is 4.31 Å². The maximum absolute atomic E-state index is 12.7. The van der Waals surface area contributed by atoms with Crippen molar-refractivity contribution in [3.63, 3.8) is 0 Å². The predicted molar refractivity (Wildman–Crippen MR) is 102 cm³/mol. The summed E-state index contributed by atoms with van der Waals surface area (Å²) in [4.78, 5) is 23.3. The fourth-order valence-corrected chi connectivity index (χ4v) is 3.76.